The van der Waals surface area contributed by atoms with Gasteiger partial charge in [-0.15, -0.1) is 0 Å². The maximum absolute atomic E-state index is 12.3. The number of rotatable bonds is 8. The van der Waals surface area contributed by atoms with Gasteiger partial charge >= 0.3 is 6.09 Å². The molecular weight excluding hydrogens is 486 g/mol. The summed E-state index contributed by atoms with van der Waals surface area (Å²) < 4.78 is 11.8. The molecule has 6 heteroatoms. The van der Waals surface area contributed by atoms with Crippen molar-refractivity contribution in [2.45, 2.75) is 51.9 Å². The third-order valence-electron chi connectivity index (χ3n) is 6.47. The van der Waals surface area contributed by atoms with Crippen LogP contribution in [0, 0.1) is 11.3 Å². The normalized spacial score (nSPS) is 14.2. The molecule has 1 amide bonds. The molecule has 0 atom stereocenters. The molecule has 3 aromatic carbocycles. The van der Waals surface area contributed by atoms with Crippen LogP contribution in [0.1, 0.15) is 50.3 Å². The van der Waals surface area contributed by atoms with Crippen LogP contribution in [0.4, 0.5) is 10.5 Å². The minimum absolute atomic E-state index is 0.0714. The van der Waals surface area contributed by atoms with Crippen molar-refractivity contribution in [1.29, 1.82) is 5.26 Å². The van der Waals surface area contributed by atoms with Crippen molar-refractivity contribution in [3.63, 3.8) is 0 Å². The number of hydrogen-bond acceptors (Lipinski definition) is 5. The molecule has 3 aromatic rings. The number of carbonyl (C=O) groups excluding carboxylic acids is 1. The van der Waals surface area contributed by atoms with Crippen molar-refractivity contribution in [3.05, 3.63) is 102 Å². The molecule has 1 heterocycles. The van der Waals surface area contributed by atoms with Gasteiger partial charge in [-0.2, -0.15) is 5.26 Å². The largest absolute Gasteiger partial charge is 0.490 e. The van der Waals surface area contributed by atoms with Gasteiger partial charge in [-0.05, 0) is 68.3 Å². The van der Waals surface area contributed by atoms with Crippen LogP contribution in [-0.4, -0.2) is 42.3 Å². The fraction of sp³-hybridized carbons (Fsp3) is 0.333. The number of nitriles is 1. The molecule has 1 saturated heterocycles. The van der Waals surface area contributed by atoms with Crippen molar-refractivity contribution in [2.24, 2.45) is 0 Å². The maximum atomic E-state index is 12.3. The monoisotopic (exact) mass is 523 g/mol. The summed E-state index contributed by atoms with van der Waals surface area (Å²) in [4.78, 5) is 16.4. The highest BCUT2D eigenvalue weighted by atomic mass is 16.6. The Morgan fingerprint density at radius 2 is 1.74 bits per heavy atom. The summed E-state index contributed by atoms with van der Waals surface area (Å²) in [6.45, 7) is 8.41. The van der Waals surface area contributed by atoms with Crippen molar-refractivity contribution < 1.29 is 14.3 Å². The number of anilines is 1. The highest BCUT2D eigenvalue weighted by Crippen LogP contribution is 2.25. The zero-order chi connectivity index (χ0) is 27.7. The topological polar surface area (TPSA) is 65.8 Å². The quantitative estimate of drug-likeness (QED) is 0.316. The molecular formula is C33H37N3O3. The van der Waals surface area contributed by atoms with E-state index < -0.39 is 5.60 Å². The van der Waals surface area contributed by atoms with E-state index in [0.717, 1.165) is 42.9 Å². The van der Waals surface area contributed by atoms with Gasteiger partial charge in [-0.1, -0.05) is 54.6 Å². The van der Waals surface area contributed by atoms with E-state index >= 15 is 0 Å². The van der Waals surface area contributed by atoms with Crippen molar-refractivity contribution >= 4 is 17.9 Å². The van der Waals surface area contributed by atoms with Crippen LogP contribution in [0.3, 0.4) is 0 Å². The standard InChI is InChI=1S/C33H37N3O3/c1-33(2,3)39-32(37)35-21-18-31(19-22-35)38-30-16-14-29(15-17-30)36(25-27-9-5-4-6-10-27)20-8-13-26-11-7-12-28(23-26)24-34/h4-17,23,31H,18-22,25H2,1-3H3/b13-8+. The van der Waals surface area contributed by atoms with E-state index in [1.54, 1.807) is 4.90 Å². The summed E-state index contributed by atoms with van der Waals surface area (Å²) in [6.07, 6.45) is 5.55. The van der Waals surface area contributed by atoms with E-state index in [1.165, 1.54) is 5.56 Å². The third kappa shape index (κ3) is 8.65. The van der Waals surface area contributed by atoms with Gasteiger partial charge in [0.05, 0.1) is 11.6 Å². The number of piperidine rings is 1. The summed E-state index contributed by atoms with van der Waals surface area (Å²) in [5.74, 6) is 0.831. The molecule has 0 saturated carbocycles. The third-order valence-corrected chi connectivity index (χ3v) is 6.47. The predicted molar refractivity (Wildman–Crippen MR) is 156 cm³/mol. The minimum atomic E-state index is -0.487. The van der Waals surface area contributed by atoms with E-state index in [1.807, 2.05) is 63.2 Å². The Balaban J connectivity index is 1.37. The molecule has 39 heavy (non-hydrogen) atoms. The van der Waals surface area contributed by atoms with Gasteiger partial charge in [0.15, 0.2) is 0 Å². The van der Waals surface area contributed by atoms with Gasteiger partial charge in [0.25, 0.3) is 0 Å². The van der Waals surface area contributed by atoms with Crippen LogP contribution >= 0.6 is 0 Å². The Kier molecular flexibility index (Phi) is 9.27. The molecule has 0 radical (unpaired) electrons. The Hall–Kier alpha value is -4.24. The van der Waals surface area contributed by atoms with Gasteiger partial charge in [0.2, 0.25) is 0 Å². The summed E-state index contributed by atoms with van der Waals surface area (Å²) in [7, 11) is 0. The molecule has 6 nitrogen and oxygen atoms in total. The second kappa shape index (κ2) is 13.0. The second-order valence-corrected chi connectivity index (χ2v) is 10.8. The van der Waals surface area contributed by atoms with Crippen LogP contribution in [-0.2, 0) is 11.3 Å². The molecule has 1 aliphatic heterocycles. The Morgan fingerprint density at radius 1 is 1.03 bits per heavy atom. The van der Waals surface area contributed by atoms with E-state index in [-0.39, 0.29) is 12.2 Å². The molecule has 0 unspecified atom stereocenters. The first-order valence-electron chi connectivity index (χ1n) is 13.5. The molecule has 0 N–H and O–H groups in total. The number of ether oxygens (including phenoxy) is 2. The molecule has 0 aliphatic carbocycles. The van der Waals surface area contributed by atoms with E-state index in [4.69, 9.17) is 9.47 Å². The Bertz CT molecular complexity index is 1280. The lowest BCUT2D eigenvalue weighted by Gasteiger charge is -2.33. The molecule has 4 rings (SSSR count). The first-order chi connectivity index (χ1) is 18.8. The molecule has 0 bridgehead atoms. The molecule has 0 aromatic heterocycles. The average molecular weight is 524 g/mol. The smallest absolute Gasteiger partial charge is 0.410 e. The van der Waals surface area contributed by atoms with Crippen LogP contribution in [0.5, 0.6) is 5.75 Å². The highest BCUT2D eigenvalue weighted by molar-refractivity contribution is 5.68. The minimum Gasteiger partial charge on any atom is -0.490 e. The first-order valence-corrected chi connectivity index (χ1v) is 13.5. The number of likely N-dealkylation sites (tertiary alicyclic amines) is 1. The average Bonchev–Trinajstić information content (AvgIpc) is 2.93. The molecule has 202 valence electrons. The van der Waals surface area contributed by atoms with Gasteiger partial charge in [-0.3, -0.25) is 0 Å². The second-order valence-electron chi connectivity index (χ2n) is 10.8. The SMILES string of the molecule is CC(C)(C)OC(=O)N1CCC(Oc2ccc(N(C/C=C/c3cccc(C#N)c3)Cc3ccccc3)cc2)CC1. The maximum Gasteiger partial charge on any atom is 0.410 e. The molecule has 1 aliphatic rings. The Morgan fingerprint density at radius 3 is 2.41 bits per heavy atom. The van der Waals surface area contributed by atoms with E-state index in [0.29, 0.717) is 18.7 Å². The highest BCUT2D eigenvalue weighted by Gasteiger charge is 2.27. The van der Waals surface area contributed by atoms with Crippen molar-refractivity contribution in [1.82, 2.24) is 4.90 Å². The van der Waals surface area contributed by atoms with E-state index in [2.05, 4.69) is 59.5 Å². The van der Waals surface area contributed by atoms with Crippen molar-refractivity contribution in [3.8, 4) is 11.8 Å². The number of nitrogens with zero attached hydrogens (tertiary/aromatic N) is 3. The summed E-state index contributed by atoms with van der Waals surface area (Å²) in [5, 5.41) is 9.17. The fourth-order valence-electron chi connectivity index (χ4n) is 4.50. The van der Waals surface area contributed by atoms with Crippen LogP contribution < -0.4 is 9.64 Å². The van der Waals surface area contributed by atoms with E-state index in [9.17, 15) is 10.1 Å². The van der Waals surface area contributed by atoms with Gasteiger partial charge < -0.3 is 19.3 Å². The zero-order valence-electron chi connectivity index (χ0n) is 23.0. The molecule has 1 fully saturated rings. The molecule has 0 spiro atoms. The first kappa shape index (κ1) is 27.8. The fourth-order valence-corrected chi connectivity index (χ4v) is 4.50. The lowest BCUT2D eigenvalue weighted by molar-refractivity contribution is 0.0126. The predicted octanol–water partition coefficient (Wildman–Crippen LogP) is 7.06. The van der Waals surface area contributed by atoms with Gasteiger partial charge in [-0.25, -0.2) is 4.79 Å². The Labute approximate surface area is 232 Å². The summed E-state index contributed by atoms with van der Waals surface area (Å²) in [6, 6.07) is 28.4. The lowest BCUT2D eigenvalue weighted by Crippen LogP contribution is -2.44. The lowest BCUT2D eigenvalue weighted by atomic mass is 10.1. The van der Waals surface area contributed by atoms with Gasteiger partial charge in [0, 0.05) is 44.7 Å². The van der Waals surface area contributed by atoms with Crippen LogP contribution in [0.25, 0.3) is 6.08 Å². The van der Waals surface area contributed by atoms with Crippen LogP contribution in [0.2, 0.25) is 0 Å². The van der Waals surface area contributed by atoms with Crippen LogP contribution in [0.15, 0.2) is 84.9 Å². The summed E-state index contributed by atoms with van der Waals surface area (Å²) >= 11 is 0. The number of amides is 1. The number of benzene rings is 3. The van der Waals surface area contributed by atoms with Crippen molar-refractivity contribution in [2.75, 3.05) is 24.5 Å². The summed E-state index contributed by atoms with van der Waals surface area (Å²) in [5.41, 5.74) is 3.51. The zero-order valence-corrected chi connectivity index (χ0v) is 23.0. The van der Waals surface area contributed by atoms with Gasteiger partial charge in [0.1, 0.15) is 17.5 Å². The number of carbonyl (C=O) groups is 1. The number of hydrogen-bond donors (Lipinski definition) is 0.